The summed E-state index contributed by atoms with van der Waals surface area (Å²) >= 11 is 0. The van der Waals surface area contributed by atoms with Crippen molar-refractivity contribution in [1.29, 1.82) is 0 Å². The Morgan fingerprint density at radius 3 is 2.55 bits per heavy atom. The Kier molecular flexibility index (Phi) is 5.75. The molecule has 0 fully saturated rings. The van der Waals surface area contributed by atoms with Crippen LogP contribution in [-0.2, 0) is 4.79 Å². The van der Waals surface area contributed by atoms with Gasteiger partial charge in [-0.05, 0) is 36.6 Å². The molecule has 156 valence electrons. The zero-order valence-corrected chi connectivity index (χ0v) is 17.0. The number of urea groups is 1. The van der Waals surface area contributed by atoms with E-state index >= 15 is 0 Å². The number of likely N-dealkylation sites (N-methyl/N-ethyl adjacent to an activating group) is 1. The molecule has 0 saturated heterocycles. The summed E-state index contributed by atoms with van der Waals surface area (Å²) in [6.07, 6.45) is 6.51. The number of rotatable bonds is 3. The van der Waals surface area contributed by atoms with Crippen molar-refractivity contribution in [3.8, 4) is 0 Å². The summed E-state index contributed by atoms with van der Waals surface area (Å²) in [7, 11) is 1.65. The summed E-state index contributed by atoms with van der Waals surface area (Å²) in [6.45, 7) is 0. The molecule has 0 aromatic heterocycles. The van der Waals surface area contributed by atoms with Crippen molar-refractivity contribution in [1.82, 2.24) is 10.6 Å². The average Bonchev–Trinajstić information content (AvgIpc) is 2.91. The summed E-state index contributed by atoms with van der Waals surface area (Å²) < 4.78 is 0. The monoisotopic (exact) mass is 414 g/mol. The van der Waals surface area contributed by atoms with Gasteiger partial charge in [-0.25, -0.2) is 9.79 Å². The number of nitrogens with one attached hydrogen (secondary N) is 2. The lowest BCUT2D eigenvalue weighted by Crippen LogP contribution is -2.50. The number of benzodiazepines with no additional fused rings is 1. The summed E-state index contributed by atoms with van der Waals surface area (Å²) in [4.78, 5) is 44.0. The predicted octanol–water partition coefficient (Wildman–Crippen LogP) is 3.19. The number of amides is 4. The second-order valence-electron chi connectivity index (χ2n) is 7.25. The van der Waals surface area contributed by atoms with Crippen molar-refractivity contribution in [3.05, 3.63) is 89.5 Å². The number of nitrogens with zero attached hydrogens (tertiary/aromatic N) is 2. The molecule has 4 rings (SSSR count). The van der Waals surface area contributed by atoms with Crippen LogP contribution in [0.3, 0.4) is 0 Å². The van der Waals surface area contributed by atoms with E-state index in [0.717, 1.165) is 24.0 Å². The molecular formula is C24H22N4O3. The number of hydrogen-bond acceptors (Lipinski definition) is 4. The number of carbonyl (C=O) groups excluding carboxylic acids is 3. The van der Waals surface area contributed by atoms with Gasteiger partial charge in [-0.15, -0.1) is 0 Å². The number of allylic oxidation sites excluding steroid dienone is 4. The molecule has 0 radical (unpaired) electrons. The van der Waals surface area contributed by atoms with Crippen LogP contribution in [-0.4, -0.2) is 36.8 Å². The van der Waals surface area contributed by atoms with Crippen LogP contribution in [0.15, 0.2) is 83.4 Å². The number of imide groups is 1. The first kappa shape index (κ1) is 20.3. The Balaban J connectivity index is 1.63. The summed E-state index contributed by atoms with van der Waals surface area (Å²) in [5.74, 6) is -0.947. The lowest BCUT2D eigenvalue weighted by Gasteiger charge is -2.20. The zero-order valence-electron chi connectivity index (χ0n) is 17.0. The highest BCUT2D eigenvalue weighted by atomic mass is 16.2. The molecule has 1 aliphatic carbocycles. The van der Waals surface area contributed by atoms with Crippen LogP contribution in [0.2, 0.25) is 0 Å². The van der Waals surface area contributed by atoms with Crippen molar-refractivity contribution in [2.45, 2.75) is 19.0 Å². The van der Waals surface area contributed by atoms with E-state index in [0.29, 0.717) is 17.0 Å². The number of benzene rings is 2. The van der Waals surface area contributed by atoms with E-state index in [9.17, 15) is 14.4 Å². The lowest BCUT2D eigenvalue weighted by atomic mass is 9.94. The Bertz CT molecular complexity index is 1120. The van der Waals surface area contributed by atoms with Crippen LogP contribution in [0.1, 0.15) is 28.8 Å². The van der Waals surface area contributed by atoms with Gasteiger partial charge in [0.15, 0.2) is 0 Å². The van der Waals surface area contributed by atoms with Gasteiger partial charge in [0.2, 0.25) is 6.17 Å². The molecular weight excluding hydrogens is 392 g/mol. The largest absolute Gasteiger partial charge is 0.323 e. The van der Waals surface area contributed by atoms with Gasteiger partial charge in [0.1, 0.15) is 0 Å². The van der Waals surface area contributed by atoms with E-state index in [1.807, 2.05) is 36.4 Å². The minimum absolute atomic E-state index is 0.345. The maximum absolute atomic E-state index is 13.1. The van der Waals surface area contributed by atoms with E-state index in [-0.39, 0.29) is 0 Å². The Morgan fingerprint density at radius 1 is 1.06 bits per heavy atom. The van der Waals surface area contributed by atoms with Gasteiger partial charge in [-0.3, -0.25) is 14.9 Å². The van der Waals surface area contributed by atoms with E-state index in [1.54, 1.807) is 37.4 Å². The highest BCUT2D eigenvalue weighted by Gasteiger charge is 2.31. The minimum Gasteiger partial charge on any atom is -0.311 e. The van der Waals surface area contributed by atoms with Crippen molar-refractivity contribution < 1.29 is 14.4 Å². The smallest absolute Gasteiger partial charge is 0.311 e. The maximum Gasteiger partial charge on any atom is 0.323 e. The predicted molar refractivity (Wildman–Crippen MR) is 119 cm³/mol. The summed E-state index contributed by atoms with van der Waals surface area (Å²) in [5.41, 5.74) is 3.54. The maximum atomic E-state index is 13.1. The molecule has 7 nitrogen and oxygen atoms in total. The SMILES string of the molecule is CN1C(=O)C(NC(=O)NC(=O)c2ccccc2)N=C(C2=CC=CCC2)c2ccccc21. The number of aliphatic imine (C=N–C) groups is 1. The van der Waals surface area contributed by atoms with E-state index in [4.69, 9.17) is 0 Å². The molecule has 2 aromatic carbocycles. The lowest BCUT2D eigenvalue weighted by molar-refractivity contribution is -0.119. The summed E-state index contributed by atoms with van der Waals surface area (Å²) in [6, 6.07) is 15.1. The summed E-state index contributed by atoms with van der Waals surface area (Å²) in [5, 5.41) is 4.81. The Labute approximate surface area is 180 Å². The van der Waals surface area contributed by atoms with Gasteiger partial charge in [-0.2, -0.15) is 0 Å². The minimum atomic E-state index is -1.16. The molecule has 1 atom stereocenters. The highest BCUT2D eigenvalue weighted by Crippen LogP contribution is 2.29. The molecule has 2 aromatic rings. The first-order valence-electron chi connectivity index (χ1n) is 10.0. The Hall–Kier alpha value is -4.00. The van der Waals surface area contributed by atoms with E-state index < -0.39 is 24.0 Å². The van der Waals surface area contributed by atoms with Gasteiger partial charge in [0, 0.05) is 18.2 Å². The normalized spacial score (nSPS) is 17.8. The highest BCUT2D eigenvalue weighted by molar-refractivity contribution is 6.20. The van der Waals surface area contributed by atoms with Crippen molar-refractivity contribution in [3.63, 3.8) is 0 Å². The molecule has 0 spiro atoms. The first-order valence-corrected chi connectivity index (χ1v) is 10.0. The van der Waals surface area contributed by atoms with Crippen molar-refractivity contribution >= 4 is 29.2 Å². The standard InChI is InChI=1S/C24H22N4O3/c1-28-19-15-9-8-14-18(19)20(16-10-4-2-5-11-16)25-21(23(28)30)26-24(31)27-22(29)17-12-6-3-7-13-17/h2-4,6-10,12-15,21H,5,11H2,1H3,(H2,26,27,29,31). The fourth-order valence-corrected chi connectivity index (χ4v) is 3.60. The van der Waals surface area contributed by atoms with Gasteiger partial charge < -0.3 is 10.2 Å². The number of anilines is 1. The number of para-hydroxylation sites is 1. The molecule has 2 N–H and O–H groups in total. The molecule has 1 heterocycles. The average molecular weight is 414 g/mol. The Morgan fingerprint density at radius 2 is 1.81 bits per heavy atom. The topological polar surface area (TPSA) is 90.9 Å². The molecule has 0 saturated carbocycles. The molecule has 31 heavy (non-hydrogen) atoms. The van der Waals surface area contributed by atoms with Crippen LogP contribution in [0, 0.1) is 0 Å². The van der Waals surface area contributed by atoms with Crippen molar-refractivity contribution in [2.75, 3.05) is 11.9 Å². The molecule has 1 aliphatic heterocycles. The molecule has 2 aliphatic rings. The van der Waals surface area contributed by atoms with Gasteiger partial charge in [0.25, 0.3) is 11.8 Å². The fourth-order valence-electron chi connectivity index (χ4n) is 3.60. The van der Waals surface area contributed by atoms with Gasteiger partial charge >= 0.3 is 6.03 Å². The molecule has 7 heteroatoms. The number of hydrogen-bond donors (Lipinski definition) is 2. The second kappa shape index (κ2) is 8.79. The third-order valence-electron chi connectivity index (χ3n) is 5.19. The van der Waals surface area contributed by atoms with Crippen LogP contribution < -0.4 is 15.5 Å². The number of fused-ring (bicyclic) bond motifs is 1. The van der Waals surface area contributed by atoms with Crippen molar-refractivity contribution in [2.24, 2.45) is 4.99 Å². The molecule has 4 amide bonds. The van der Waals surface area contributed by atoms with Crippen LogP contribution in [0.25, 0.3) is 0 Å². The van der Waals surface area contributed by atoms with Crippen LogP contribution in [0.4, 0.5) is 10.5 Å². The number of carbonyl (C=O) groups is 3. The van der Waals surface area contributed by atoms with Gasteiger partial charge in [0.05, 0.1) is 11.4 Å². The quantitative estimate of drug-likeness (QED) is 0.808. The fraction of sp³-hybridized carbons (Fsp3) is 0.167. The third-order valence-corrected chi connectivity index (χ3v) is 5.19. The zero-order chi connectivity index (χ0) is 21.8. The van der Waals surface area contributed by atoms with E-state index in [2.05, 4.69) is 21.7 Å². The first-order chi connectivity index (χ1) is 15.0. The van der Waals surface area contributed by atoms with Crippen LogP contribution in [0.5, 0.6) is 0 Å². The van der Waals surface area contributed by atoms with Gasteiger partial charge in [-0.1, -0.05) is 54.6 Å². The molecule has 0 bridgehead atoms. The molecule has 1 unspecified atom stereocenters. The van der Waals surface area contributed by atoms with E-state index in [1.165, 1.54) is 4.90 Å². The second-order valence-corrected chi connectivity index (χ2v) is 7.25. The van der Waals surface area contributed by atoms with Crippen LogP contribution >= 0.6 is 0 Å². The third kappa shape index (κ3) is 4.30.